The van der Waals surface area contributed by atoms with Crippen LogP contribution in [0.15, 0.2) is 50.7 Å². The van der Waals surface area contributed by atoms with Gasteiger partial charge in [0.05, 0.1) is 10.9 Å². The normalized spacial score (nSPS) is 13.2. The van der Waals surface area contributed by atoms with Crippen molar-refractivity contribution in [2.45, 2.75) is 47.0 Å². The molecule has 2 rings (SSSR count). The quantitative estimate of drug-likeness (QED) is 0.622. The monoisotopic (exact) mass is 312 g/mol. The van der Waals surface area contributed by atoms with Crippen molar-refractivity contribution < 1.29 is 9.52 Å². The van der Waals surface area contributed by atoms with E-state index in [1.165, 1.54) is 5.57 Å². The molecule has 1 atom stereocenters. The maximum Gasteiger partial charge on any atom is 0.343 e. The second kappa shape index (κ2) is 6.86. The first-order valence-corrected chi connectivity index (χ1v) is 7.88. The average Bonchev–Trinajstić information content (AvgIpc) is 2.46. The Morgan fingerprint density at radius 3 is 2.61 bits per heavy atom. The van der Waals surface area contributed by atoms with Gasteiger partial charge >= 0.3 is 5.63 Å². The van der Waals surface area contributed by atoms with E-state index >= 15 is 0 Å². The molecule has 0 saturated carbocycles. The van der Waals surface area contributed by atoms with Crippen molar-refractivity contribution in [3.05, 3.63) is 63.0 Å². The van der Waals surface area contributed by atoms with Gasteiger partial charge in [-0.15, -0.1) is 0 Å². The fourth-order valence-electron chi connectivity index (χ4n) is 2.68. The highest BCUT2D eigenvalue weighted by Gasteiger charge is 2.21. The number of hydrogen-bond donors (Lipinski definition) is 1. The van der Waals surface area contributed by atoms with Crippen molar-refractivity contribution in [2.75, 3.05) is 0 Å². The van der Waals surface area contributed by atoms with E-state index < -0.39 is 5.63 Å². The van der Waals surface area contributed by atoms with Gasteiger partial charge in [0.25, 0.3) is 0 Å². The topological polar surface area (TPSA) is 50.4 Å². The third-order valence-electron chi connectivity index (χ3n) is 4.23. The van der Waals surface area contributed by atoms with Crippen molar-refractivity contribution in [2.24, 2.45) is 0 Å². The van der Waals surface area contributed by atoms with Gasteiger partial charge in [-0.2, -0.15) is 0 Å². The van der Waals surface area contributed by atoms with E-state index in [2.05, 4.69) is 26.0 Å². The molecule has 0 aliphatic heterocycles. The molecule has 3 heteroatoms. The van der Waals surface area contributed by atoms with Crippen molar-refractivity contribution >= 4 is 11.0 Å². The number of hydrogen-bond acceptors (Lipinski definition) is 3. The SMILES string of the molecule is CC(C)=CC/C=C(\C)C(C)c1c(O)c2c(C)cccc2oc1=O. The van der Waals surface area contributed by atoms with Crippen LogP contribution in [0.2, 0.25) is 0 Å². The van der Waals surface area contributed by atoms with E-state index in [-0.39, 0.29) is 11.7 Å². The Morgan fingerprint density at radius 1 is 1.26 bits per heavy atom. The Kier molecular flexibility index (Phi) is 5.09. The summed E-state index contributed by atoms with van der Waals surface area (Å²) in [4.78, 5) is 12.3. The predicted octanol–water partition coefficient (Wildman–Crippen LogP) is 5.21. The maximum absolute atomic E-state index is 12.3. The first-order chi connectivity index (χ1) is 10.8. The second-order valence-corrected chi connectivity index (χ2v) is 6.29. The van der Waals surface area contributed by atoms with Gasteiger partial charge in [-0.25, -0.2) is 4.79 Å². The molecule has 23 heavy (non-hydrogen) atoms. The van der Waals surface area contributed by atoms with Crippen LogP contribution in [-0.2, 0) is 0 Å². The molecule has 0 radical (unpaired) electrons. The van der Waals surface area contributed by atoms with Gasteiger partial charge in [-0.1, -0.05) is 42.4 Å². The molecule has 1 heterocycles. The summed E-state index contributed by atoms with van der Waals surface area (Å²) < 4.78 is 5.41. The highest BCUT2D eigenvalue weighted by Crippen LogP contribution is 2.35. The second-order valence-electron chi connectivity index (χ2n) is 6.29. The average molecular weight is 312 g/mol. The molecule has 122 valence electrons. The van der Waals surface area contributed by atoms with Gasteiger partial charge < -0.3 is 9.52 Å². The van der Waals surface area contributed by atoms with Gasteiger partial charge in [0.1, 0.15) is 11.3 Å². The first kappa shape index (κ1) is 17.1. The number of benzene rings is 1. The summed E-state index contributed by atoms with van der Waals surface area (Å²) in [7, 11) is 0. The van der Waals surface area contributed by atoms with Crippen LogP contribution in [0, 0.1) is 6.92 Å². The van der Waals surface area contributed by atoms with E-state index in [1.54, 1.807) is 6.07 Å². The van der Waals surface area contributed by atoms with Crippen LogP contribution in [0.1, 0.15) is 51.2 Å². The molecular formula is C20H24O3. The van der Waals surface area contributed by atoms with Crippen LogP contribution in [0.3, 0.4) is 0 Å². The smallest absolute Gasteiger partial charge is 0.343 e. The molecule has 1 N–H and O–H groups in total. The lowest BCUT2D eigenvalue weighted by Crippen LogP contribution is -2.12. The Morgan fingerprint density at radius 2 is 1.96 bits per heavy atom. The third kappa shape index (κ3) is 3.55. The zero-order chi connectivity index (χ0) is 17.1. The lowest BCUT2D eigenvalue weighted by Gasteiger charge is -2.15. The van der Waals surface area contributed by atoms with Crippen LogP contribution >= 0.6 is 0 Å². The summed E-state index contributed by atoms with van der Waals surface area (Å²) in [6.45, 7) is 9.90. The Bertz CT molecular complexity index is 834. The molecule has 0 aliphatic rings. The zero-order valence-corrected chi connectivity index (χ0v) is 14.4. The summed E-state index contributed by atoms with van der Waals surface area (Å²) in [5, 5.41) is 11.3. The molecule has 0 amide bonds. The van der Waals surface area contributed by atoms with Crippen molar-refractivity contribution in [1.82, 2.24) is 0 Å². The van der Waals surface area contributed by atoms with Gasteiger partial charge in [0.2, 0.25) is 0 Å². The largest absolute Gasteiger partial charge is 0.507 e. The summed E-state index contributed by atoms with van der Waals surface area (Å²) in [6, 6.07) is 5.41. The van der Waals surface area contributed by atoms with Crippen LogP contribution in [-0.4, -0.2) is 5.11 Å². The van der Waals surface area contributed by atoms with E-state index in [9.17, 15) is 9.90 Å². The molecule has 1 unspecified atom stereocenters. The standard InChI is InChI=1S/C20H24O3/c1-12(2)8-6-9-13(3)15(5)18-19(21)17-14(4)10-7-11-16(17)23-20(18)22/h7-11,15,21H,6H2,1-5H3/b13-9+. The van der Waals surface area contributed by atoms with Gasteiger partial charge in [0.15, 0.2) is 0 Å². The molecule has 0 bridgehead atoms. The minimum atomic E-state index is -0.469. The van der Waals surface area contributed by atoms with Crippen LogP contribution in [0.4, 0.5) is 0 Å². The molecule has 1 aromatic heterocycles. The van der Waals surface area contributed by atoms with Gasteiger partial charge in [-0.3, -0.25) is 0 Å². The summed E-state index contributed by atoms with van der Waals surface area (Å²) in [6.07, 6.45) is 5.03. The third-order valence-corrected chi connectivity index (χ3v) is 4.23. The molecule has 0 saturated heterocycles. The molecule has 3 nitrogen and oxygen atoms in total. The zero-order valence-electron chi connectivity index (χ0n) is 14.4. The van der Waals surface area contributed by atoms with Crippen LogP contribution in [0.25, 0.3) is 11.0 Å². The fraction of sp³-hybridized carbons (Fsp3) is 0.350. The number of aryl methyl sites for hydroxylation is 1. The lowest BCUT2D eigenvalue weighted by molar-refractivity contribution is 0.452. The Labute approximate surface area is 137 Å². The number of allylic oxidation sites excluding steroid dienone is 4. The number of aromatic hydroxyl groups is 1. The highest BCUT2D eigenvalue weighted by atomic mass is 16.4. The molecule has 2 aromatic rings. The molecule has 0 spiro atoms. The summed E-state index contributed by atoms with van der Waals surface area (Å²) >= 11 is 0. The van der Waals surface area contributed by atoms with E-state index in [1.807, 2.05) is 32.9 Å². The van der Waals surface area contributed by atoms with E-state index in [0.29, 0.717) is 16.5 Å². The van der Waals surface area contributed by atoms with E-state index in [4.69, 9.17) is 4.42 Å². The number of rotatable bonds is 4. The predicted molar refractivity (Wildman–Crippen MR) is 95.1 cm³/mol. The van der Waals surface area contributed by atoms with Crippen molar-refractivity contribution in [1.29, 1.82) is 0 Å². The van der Waals surface area contributed by atoms with Crippen molar-refractivity contribution in [3.63, 3.8) is 0 Å². The number of fused-ring (bicyclic) bond motifs is 1. The van der Waals surface area contributed by atoms with Crippen LogP contribution in [0.5, 0.6) is 5.75 Å². The minimum Gasteiger partial charge on any atom is -0.507 e. The summed E-state index contributed by atoms with van der Waals surface area (Å²) in [5.41, 5.74) is 3.47. The van der Waals surface area contributed by atoms with Gasteiger partial charge in [-0.05, 0) is 45.7 Å². The Balaban J connectivity index is 2.53. The molecule has 0 fully saturated rings. The molecule has 0 aliphatic carbocycles. The van der Waals surface area contributed by atoms with Crippen LogP contribution < -0.4 is 5.63 Å². The van der Waals surface area contributed by atoms with Crippen molar-refractivity contribution in [3.8, 4) is 5.75 Å². The molecule has 1 aromatic carbocycles. The lowest BCUT2D eigenvalue weighted by atomic mass is 9.92. The first-order valence-electron chi connectivity index (χ1n) is 7.88. The Hall–Kier alpha value is -2.29. The summed E-state index contributed by atoms with van der Waals surface area (Å²) in [5.74, 6) is -0.155. The maximum atomic E-state index is 12.3. The van der Waals surface area contributed by atoms with Gasteiger partial charge in [0, 0.05) is 5.92 Å². The highest BCUT2D eigenvalue weighted by molar-refractivity contribution is 5.87. The minimum absolute atomic E-state index is 0.0387. The fourth-order valence-corrected chi connectivity index (χ4v) is 2.68. The van der Waals surface area contributed by atoms with E-state index in [0.717, 1.165) is 17.6 Å². The molecular weight excluding hydrogens is 288 g/mol.